The quantitative estimate of drug-likeness (QED) is 0.352. The van der Waals surface area contributed by atoms with Crippen molar-refractivity contribution in [2.75, 3.05) is 13.2 Å². The third-order valence-electron chi connectivity index (χ3n) is 4.43. The average Bonchev–Trinajstić information content (AvgIpc) is 2.75. The van der Waals surface area contributed by atoms with Crippen molar-refractivity contribution in [3.63, 3.8) is 0 Å². The molecule has 1 aliphatic rings. The van der Waals surface area contributed by atoms with Crippen molar-refractivity contribution in [2.45, 2.75) is 45.4 Å². The summed E-state index contributed by atoms with van der Waals surface area (Å²) >= 11 is 5.02. The summed E-state index contributed by atoms with van der Waals surface area (Å²) in [5, 5.41) is 2.64. The highest BCUT2D eigenvalue weighted by molar-refractivity contribution is 7.80. The van der Waals surface area contributed by atoms with E-state index in [1.54, 1.807) is 24.3 Å². The van der Waals surface area contributed by atoms with Gasteiger partial charge in [0.15, 0.2) is 11.7 Å². The molecule has 2 rings (SSSR count). The van der Waals surface area contributed by atoms with Gasteiger partial charge in [0.2, 0.25) is 5.91 Å². The molecule has 1 aromatic rings. The lowest BCUT2D eigenvalue weighted by molar-refractivity contribution is -0.125. The number of rotatable bonds is 7. The average molecular weight is 422 g/mol. The van der Waals surface area contributed by atoms with Crippen LogP contribution in [0.5, 0.6) is 5.75 Å². The van der Waals surface area contributed by atoms with Gasteiger partial charge in [-0.15, -0.1) is 0 Å². The highest BCUT2D eigenvalue weighted by Crippen LogP contribution is 2.23. The zero-order chi connectivity index (χ0) is 21.1. The van der Waals surface area contributed by atoms with E-state index in [0.717, 1.165) is 38.5 Å². The van der Waals surface area contributed by atoms with Gasteiger partial charge in [-0.05, 0) is 55.7 Å². The van der Waals surface area contributed by atoms with Crippen LogP contribution in [0.3, 0.4) is 0 Å². The molecule has 0 aromatic heterocycles. The summed E-state index contributed by atoms with van der Waals surface area (Å²) in [7, 11) is 0. The molecule has 1 aliphatic carbocycles. The number of nitrogens with one attached hydrogen (secondary N) is 3. The van der Waals surface area contributed by atoms with E-state index in [2.05, 4.69) is 16.2 Å². The molecule has 0 heterocycles. The number of thiocarbonyl (C=S) groups is 1. The highest BCUT2D eigenvalue weighted by Gasteiger charge is 2.21. The van der Waals surface area contributed by atoms with Crippen molar-refractivity contribution in [3.8, 4) is 5.75 Å². The van der Waals surface area contributed by atoms with E-state index in [1.165, 1.54) is 0 Å². The van der Waals surface area contributed by atoms with Crippen LogP contribution in [0.4, 0.5) is 0 Å². The van der Waals surface area contributed by atoms with Crippen LogP contribution in [0, 0.1) is 5.92 Å². The Hall–Kier alpha value is -2.68. The fourth-order valence-corrected chi connectivity index (χ4v) is 3.04. The molecule has 0 spiro atoms. The fourth-order valence-electron chi connectivity index (χ4n) is 2.89. The zero-order valence-corrected chi connectivity index (χ0v) is 17.3. The van der Waals surface area contributed by atoms with Crippen LogP contribution >= 0.6 is 12.2 Å². The summed E-state index contributed by atoms with van der Waals surface area (Å²) in [5.41, 5.74) is 5.27. The molecule has 0 saturated heterocycles. The van der Waals surface area contributed by atoms with Crippen molar-refractivity contribution in [2.24, 2.45) is 5.92 Å². The molecule has 3 N–H and O–H groups in total. The Labute approximate surface area is 175 Å². The summed E-state index contributed by atoms with van der Waals surface area (Å²) in [6.07, 6.45) is 5.74. The first-order valence-electron chi connectivity index (χ1n) is 9.79. The van der Waals surface area contributed by atoms with Gasteiger partial charge in [0, 0.05) is 5.92 Å². The monoisotopic (exact) mass is 421 g/mol. The van der Waals surface area contributed by atoms with E-state index in [9.17, 15) is 14.4 Å². The predicted octanol–water partition coefficient (Wildman–Crippen LogP) is 2.23. The fraction of sp³-hybridized carbons (Fsp3) is 0.500. The molecule has 8 nitrogen and oxygen atoms in total. The second-order valence-corrected chi connectivity index (χ2v) is 7.18. The van der Waals surface area contributed by atoms with E-state index in [-0.39, 0.29) is 23.5 Å². The van der Waals surface area contributed by atoms with Gasteiger partial charge in [0.05, 0.1) is 12.2 Å². The van der Waals surface area contributed by atoms with Gasteiger partial charge in [0.1, 0.15) is 5.75 Å². The lowest BCUT2D eigenvalue weighted by Gasteiger charge is -2.21. The first-order valence-corrected chi connectivity index (χ1v) is 10.2. The van der Waals surface area contributed by atoms with Crippen LogP contribution in [0.15, 0.2) is 24.3 Å². The van der Waals surface area contributed by atoms with Crippen LogP contribution in [-0.2, 0) is 14.3 Å². The first-order chi connectivity index (χ1) is 14.0. The Bertz CT molecular complexity index is 717. The third-order valence-corrected chi connectivity index (χ3v) is 4.63. The van der Waals surface area contributed by atoms with E-state index in [0.29, 0.717) is 17.9 Å². The van der Waals surface area contributed by atoms with Gasteiger partial charge in [-0.2, -0.15) is 0 Å². The number of ether oxygens (including phenoxy) is 2. The van der Waals surface area contributed by atoms with E-state index >= 15 is 0 Å². The van der Waals surface area contributed by atoms with Gasteiger partial charge >= 0.3 is 5.97 Å². The van der Waals surface area contributed by atoms with Gasteiger partial charge in [-0.25, -0.2) is 4.79 Å². The maximum absolute atomic E-state index is 12.1. The van der Waals surface area contributed by atoms with Crippen molar-refractivity contribution in [1.29, 1.82) is 0 Å². The lowest BCUT2D eigenvalue weighted by Crippen LogP contribution is -2.50. The van der Waals surface area contributed by atoms with Gasteiger partial charge in [-0.1, -0.05) is 26.2 Å². The van der Waals surface area contributed by atoms with Gasteiger partial charge in [0.25, 0.3) is 5.91 Å². The van der Waals surface area contributed by atoms with Crippen LogP contribution in [0.1, 0.15) is 55.8 Å². The molecular weight excluding hydrogens is 394 g/mol. The summed E-state index contributed by atoms with van der Waals surface area (Å²) in [6.45, 7) is 2.03. The molecule has 2 amide bonds. The van der Waals surface area contributed by atoms with Gasteiger partial charge in [-0.3, -0.25) is 20.4 Å². The SMILES string of the molecule is CCCOC(=O)c1ccc(OCC(=O)NNC(=S)NC(=O)C2CCCCC2)cc1. The smallest absolute Gasteiger partial charge is 0.338 e. The van der Waals surface area contributed by atoms with E-state index in [1.807, 2.05) is 6.92 Å². The Balaban J connectivity index is 1.66. The first kappa shape index (κ1) is 22.6. The normalized spacial score (nSPS) is 13.8. The standard InChI is InChI=1S/C20H27N3O5S/c1-2-12-27-19(26)15-8-10-16(11-9-15)28-13-17(24)22-23-20(29)21-18(25)14-6-4-3-5-7-14/h8-11,14H,2-7,12-13H2,1H3,(H,22,24)(H2,21,23,25,29). The maximum atomic E-state index is 12.1. The molecule has 29 heavy (non-hydrogen) atoms. The maximum Gasteiger partial charge on any atom is 0.338 e. The molecule has 1 aromatic carbocycles. The number of hydrogen-bond donors (Lipinski definition) is 3. The van der Waals surface area contributed by atoms with Gasteiger partial charge < -0.3 is 14.8 Å². The van der Waals surface area contributed by atoms with E-state index in [4.69, 9.17) is 21.7 Å². The molecular formula is C20H27N3O5S. The lowest BCUT2D eigenvalue weighted by atomic mass is 9.89. The van der Waals surface area contributed by atoms with Crippen LogP contribution in [0.2, 0.25) is 0 Å². The minimum Gasteiger partial charge on any atom is -0.484 e. The van der Waals surface area contributed by atoms with E-state index < -0.39 is 11.9 Å². The molecule has 0 aliphatic heterocycles. The van der Waals surface area contributed by atoms with Crippen molar-refractivity contribution in [1.82, 2.24) is 16.2 Å². The second-order valence-electron chi connectivity index (χ2n) is 6.78. The minimum absolute atomic E-state index is 0.0234. The highest BCUT2D eigenvalue weighted by atomic mass is 32.1. The minimum atomic E-state index is -0.467. The Kier molecular flexibility index (Phi) is 9.36. The number of carbonyl (C=O) groups excluding carboxylic acids is 3. The number of hydrazine groups is 1. The molecule has 1 saturated carbocycles. The molecule has 158 valence electrons. The summed E-state index contributed by atoms with van der Waals surface area (Å²) in [5.74, 6) is -0.579. The van der Waals surface area contributed by atoms with Crippen molar-refractivity contribution < 1.29 is 23.9 Å². The molecule has 0 bridgehead atoms. The largest absolute Gasteiger partial charge is 0.484 e. The number of carbonyl (C=O) groups is 3. The second kappa shape index (κ2) is 12.0. The molecule has 9 heteroatoms. The number of esters is 1. The number of hydrogen-bond acceptors (Lipinski definition) is 6. The van der Waals surface area contributed by atoms with Crippen LogP contribution in [-0.4, -0.2) is 36.1 Å². The zero-order valence-electron chi connectivity index (χ0n) is 16.5. The predicted molar refractivity (Wildman–Crippen MR) is 111 cm³/mol. The summed E-state index contributed by atoms with van der Waals surface area (Å²) in [6, 6.07) is 6.30. The van der Waals surface area contributed by atoms with Crippen LogP contribution in [0.25, 0.3) is 0 Å². The van der Waals surface area contributed by atoms with Crippen LogP contribution < -0.4 is 20.9 Å². The molecule has 0 radical (unpaired) electrons. The number of amides is 2. The molecule has 0 atom stereocenters. The Morgan fingerprint density at radius 2 is 1.76 bits per heavy atom. The Morgan fingerprint density at radius 1 is 1.07 bits per heavy atom. The number of benzene rings is 1. The topological polar surface area (TPSA) is 106 Å². The Morgan fingerprint density at radius 3 is 2.41 bits per heavy atom. The summed E-state index contributed by atoms with van der Waals surface area (Å²) in [4.78, 5) is 35.7. The molecule has 1 fully saturated rings. The third kappa shape index (κ3) is 8.06. The molecule has 0 unspecified atom stereocenters. The van der Waals surface area contributed by atoms with Crippen molar-refractivity contribution in [3.05, 3.63) is 29.8 Å². The van der Waals surface area contributed by atoms with Crippen molar-refractivity contribution >= 4 is 35.1 Å². The summed E-state index contributed by atoms with van der Waals surface area (Å²) < 4.78 is 10.4.